The van der Waals surface area contributed by atoms with Gasteiger partial charge in [-0.3, -0.25) is 0 Å². The van der Waals surface area contributed by atoms with Crippen LogP contribution in [0.25, 0.3) is 0 Å². The summed E-state index contributed by atoms with van der Waals surface area (Å²) in [5.41, 5.74) is 7.29. The first kappa shape index (κ1) is 22.3. The van der Waals surface area contributed by atoms with Crippen LogP contribution in [0.2, 0.25) is 0 Å². The molecule has 1 heterocycles. The lowest BCUT2D eigenvalue weighted by atomic mass is 9.91. The molecule has 0 spiro atoms. The van der Waals surface area contributed by atoms with E-state index in [1.807, 2.05) is 65.5 Å². The molecule has 2 N–H and O–H groups in total. The lowest BCUT2D eigenvalue weighted by Gasteiger charge is -2.34. The zero-order valence-electron chi connectivity index (χ0n) is 16.6. The van der Waals surface area contributed by atoms with Gasteiger partial charge in [-0.15, -0.1) is 0 Å². The van der Waals surface area contributed by atoms with Crippen LogP contribution < -0.4 is 5.73 Å². The average molecular weight is 337 g/mol. The van der Waals surface area contributed by atoms with E-state index >= 15 is 0 Å². The molecule has 0 saturated carbocycles. The Kier molecular flexibility index (Phi) is 10.2. The second-order valence-corrected chi connectivity index (χ2v) is 6.43. The molecule has 1 saturated heterocycles. The van der Waals surface area contributed by atoms with Gasteiger partial charge in [-0.2, -0.15) is 0 Å². The fourth-order valence-electron chi connectivity index (χ4n) is 2.51. The Hall–Kier alpha value is -1.71. The summed E-state index contributed by atoms with van der Waals surface area (Å²) in [6.45, 7) is 15.2. The van der Waals surface area contributed by atoms with Gasteiger partial charge < -0.3 is 15.4 Å². The Morgan fingerprint density at radius 1 is 1.12 bits per heavy atom. The SMILES string of the molecule is CC.CC.CC(C)(C)OC(=O)N1CCCC(c2ccc(N)cc2)C1. The summed E-state index contributed by atoms with van der Waals surface area (Å²) in [6, 6.07) is 7.95. The smallest absolute Gasteiger partial charge is 0.410 e. The highest BCUT2D eigenvalue weighted by atomic mass is 16.6. The van der Waals surface area contributed by atoms with Gasteiger partial charge in [0.2, 0.25) is 0 Å². The van der Waals surface area contributed by atoms with Gasteiger partial charge in [0.1, 0.15) is 5.60 Å². The molecular formula is C20H36N2O2. The molecule has 1 aromatic carbocycles. The van der Waals surface area contributed by atoms with E-state index in [9.17, 15) is 4.79 Å². The van der Waals surface area contributed by atoms with Crippen molar-refractivity contribution in [1.82, 2.24) is 4.90 Å². The Labute approximate surface area is 148 Å². The Morgan fingerprint density at radius 2 is 1.67 bits per heavy atom. The number of anilines is 1. The van der Waals surface area contributed by atoms with Crippen molar-refractivity contribution < 1.29 is 9.53 Å². The maximum atomic E-state index is 12.1. The first-order valence-electron chi connectivity index (χ1n) is 9.18. The van der Waals surface area contributed by atoms with Crippen LogP contribution in [0.3, 0.4) is 0 Å². The first-order chi connectivity index (χ1) is 11.3. The fraction of sp³-hybridized carbons (Fsp3) is 0.650. The number of nitrogens with two attached hydrogens (primary N) is 1. The molecule has 24 heavy (non-hydrogen) atoms. The first-order valence-corrected chi connectivity index (χ1v) is 9.18. The number of carbonyl (C=O) groups is 1. The number of hydrogen-bond acceptors (Lipinski definition) is 3. The monoisotopic (exact) mass is 336 g/mol. The van der Waals surface area contributed by atoms with Gasteiger partial charge >= 0.3 is 6.09 Å². The van der Waals surface area contributed by atoms with Gasteiger partial charge in [-0.25, -0.2) is 4.79 Å². The molecule has 2 rings (SSSR count). The van der Waals surface area contributed by atoms with Gasteiger partial charge in [0, 0.05) is 24.7 Å². The minimum absolute atomic E-state index is 0.211. The molecule has 0 aromatic heterocycles. The second-order valence-electron chi connectivity index (χ2n) is 6.43. The highest BCUT2D eigenvalue weighted by molar-refractivity contribution is 5.68. The quantitative estimate of drug-likeness (QED) is 0.695. The lowest BCUT2D eigenvalue weighted by Crippen LogP contribution is -2.42. The summed E-state index contributed by atoms with van der Waals surface area (Å²) in [6.07, 6.45) is 1.90. The molecule has 1 unspecified atom stereocenters. The Morgan fingerprint density at radius 3 is 2.17 bits per heavy atom. The van der Waals surface area contributed by atoms with E-state index in [0.29, 0.717) is 5.92 Å². The van der Waals surface area contributed by atoms with E-state index in [-0.39, 0.29) is 6.09 Å². The zero-order valence-corrected chi connectivity index (χ0v) is 16.6. The van der Waals surface area contributed by atoms with E-state index in [1.165, 1.54) is 5.56 Å². The highest BCUT2D eigenvalue weighted by Crippen LogP contribution is 2.28. The highest BCUT2D eigenvalue weighted by Gasteiger charge is 2.28. The predicted octanol–water partition coefficient (Wildman–Crippen LogP) is 5.44. The zero-order chi connectivity index (χ0) is 18.8. The summed E-state index contributed by atoms with van der Waals surface area (Å²) >= 11 is 0. The third kappa shape index (κ3) is 7.71. The molecule has 1 fully saturated rings. The predicted molar refractivity (Wildman–Crippen MR) is 103 cm³/mol. The summed E-state index contributed by atoms with van der Waals surface area (Å²) in [5, 5.41) is 0. The Balaban J connectivity index is 0.00000123. The molecule has 1 aliphatic heterocycles. The number of benzene rings is 1. The fourth-order valence-corrected chi connectivity index (χ4v) is 2.51. The second kappa shape index (κ2) is 11.0. The standard InChI is InChI=1S/C16H24N2O2.2C2H6/c1-16(2,3)20-15(19)18-10-4-5-13(11-18)12-6-8-14(17)9-7-12;2*1-2/h6-9,13H,4-5,10-11,17H2,1-3H3;2*1-2H3. The molecule has 1 atom stereocenters. The van der Waals surface area contributed by atoms with Crippen molar-refractivity contribution in [3.05, 3.63) is 29.8 Å². The molecule has 0 bridgehead atoms. The van der Waals surface area contributed by atoms with Crippen molar-refractivity contribution in [2.75, 3.05) is 18.8 Å². The maximum Gasteiger partial charge on any atom is 0.410 e. The number of hydrogen-bond donors (Lipinski definition) is 1. The van der Waals surface area contributed by atoms with E-state index in [1.54, 1.807) is 0 Å². The number of likely N-dealkylation sites (tertiary alicyclic amines) is 1. The number of carbonyl (C=O) groups excluding carboxylic acids is 1. The topological polar surface area (TPSA) is 55.6 Å². The molecule has 1 amide bonds. The minimum atomic E-state index is -0.439. The number of amides is 1. The molecule has 0 radical (unpaired) electrons. The number of piperidine rings is 1. The van der Waals surface area contributed by atoms with Crippen LogP contribution in [0.4, 0.5) is 10.5 Å². The van der Waals surface area contributed by atoms with Gasteiger partial charge in [0.05, 0.1) is 0 Å². The Bertz CT molecular complexity index is 464. The van der Waals surface area contributed by atoms with E-state index in [4.69, 9.17) is 10.5 Å². The molecule has 0 aliphatic carbocycles. The molecule has 4 nitrogen and oxygen atoms in total. The minimum Gasteiger partial charge on any atom is -0.444 e. The number of nitrogen functional groups attached to an aromatic ring is 1. The van der Waals surface area contributed by atoms with Crippen LogP contribution in [0.5, 0.6) is 0 Å². The number of nitrogens with zero attached hydrogens (tertiary/aromatic N) is 1. The van der Waals surface area contributed by atoms with E-state index in [2.05, 4.69) is 12.1 Å². The normalized spacial score (nSPS) is 17.0. The van der Waals surface area contributed by atoms with Gasteiger partial charge in [-0.1, -0.05) is 39.8 Å². The van der Waals surface area contributed by atoms with Crippen LogP contribution in [0.1, 0.15) is 72.8 Å². The van der Waals surface area contributed by atoms with Crippen LogP contribution >= 0.6 is 0 Å². The van der Waals surface area contributed by atoms with Crippen molar-refractivity contribution in [1.29, 1.82) is 0 Å². The van der Waals surface area contributed by atoms with Gasteiger partial charge in [-0.05, 0) is 51.3 Å². The number of rotatable bonds is 1. The molecule has 4 heteroatoms. The van der Waals surface area contributed by atoms with E-state index < -0.39 is 5.60 Å². The third-order valence-corrected chi connectivity index (χ3v) is 3.48. The van der Waals surface area contributed by atoms with Crippen LogP contribution in [-0.2, 0) is 4.74 Å². The van der Waals surface area contributed by atoms with Crippen molar-refractivity contribution >= 4 is 11.8 Å². The van der Waals surface area contributed by atoms with Crippen LogP contribution in [0, 0.1) is 0 Å². The number of ether oxygens (including phenoxy) is 1. The van der Waals surface area contributed by atoms with Crippen molar-refractivity contribution in [2.45, 2.75) is 72.8 Å². The van der Waals surface area contributed by atoms with Gasteiger partial charge in [0.25, 0.3) is 0 Å². The van der Waals surface area contributed by atoms with Crippen molar-refractivity contribution in [3.8, 4) is 0 Å². The van der Waals surface area contributed by atoms with Crippen molar-refractivity contribution in [3.63, 3.8) is 0 Å². The lowest BCUT2D eigenvalue weighted by molar-refractivity contribution is 0.0198. The largest absolute Gasteiger partial charge is 0.444 e. The summed E-state index contributed by atoms with van der Waals surface area (Å²) < 4.78 is 5.45. The van der Waals surface area contributed by atoms with Crippen LogP contribution in [0.15, 0.2) is 24.3 Å². The summed E-state index contributed by atoms with van der Waals surface area (Å²) in [5.74, 6) is 0.372. The van der Waals surface area contributed by atoms with Crippen LogP contribution in [-0.4, -0.2) is 29.7 Å². The third-order valence-electron chi connectivity index (χ3n) is 3.48. The summed E-state index contributed by atoms with van der Waals surface area (Å²) in [7, 11) is 0. The molecular weight excluding hydrogens is 300 g/mol. The average Bonchev–Trinajstić information content (AvgIpc) is 2.58. The molecule has 138 valence electrons. The van der Waals surface area contributed by atoms with E-state index in [0.717, 1.165) is 31.6 Å². The maximum absolute atomic E-state index is 12.1. The molecule has 1 aromatic rings. The van der Waals surface area contributed by atoms with Gasteiger partial charge in [0.15, 0.2) is 0 Å². The summed E-state index contributed by atoms with van der Waals surface area (Å²) in [4.78, 5) is 13.9. The molecule has 1 aliphatic rings. The van der Waals surface area contributed by atoms with Crippen molar-refractivity contribution in [2.24, 2.45) is 0 Å².